The second kappa shape index (κ2) is 7.16. The van der Waals surface area contributed by atoms with Crippen LogP contribution in [0.4, 0.5) is 21.5 Å². The topological polar surface area (TPSA) is 106 Å². The number of nitrogen functional groups attached to an aromatic ring is 1. The van der Waals surface area contributed by atoms with Gasteiger partial charge in [-0.25, -0.2) is 9.37 Å². The second-order valence-electron chi connectivity index (χ2n) is 5.16. The Hall–Kier alpha value is -3.16. The van der Waals surface area contributed by atoms with Gasteiger partial charge in [0.2, 0.25) is 0 Å². The molecule has 0 bridgehead atoms. The molecule has 7 nitrogen and oxygen atoms in total. The number of H-pyrrole nitrogens is 1. The number of nitrogens with zero attached hydrogens (tertiary/aromatic N) is 2. The molecule has 2 heterocycles. The molecule has 0 spiro atoms. The lowest BCUT2D eigenvalue weighted by atomic mass is 10.1. The number of rotatable bonds is 2. The maximum absolute atomic E-state index is 14.0. The summed E-state index contributed by atoms with van der Waals surface area (Å²) in [5.74, 6) is -0.585. The molecule has 0 radical (unpaired) electrons. The number of aromatic amines is 1. The van der Waals surface area contributed by atoms with Crippen LogP contribution in [0.2, 0.25) is 0 Å². The Balaban J connectivity index is 0.00000109. The van der Waals surface area contributed by atoms with Crippen molar-refractivity contribution in [1.82, 2.24) is 14.5 Å². The fourth-order valence-electron chi connectivity index (χ4n) is 2.44. The summed E-state index contributed by atoms with van der Waals surface area (Å²) in [4.78, 5) is 31.0. The molecule has 1 aromatic carbocycles. The number of nitrogens with one attached hydrogen (secondary N) is 2. The van der Waals surface area contributed by atoms with Crippen molar-refractivity contribution in [1.29, 1.82) is 0 Å². The van der Waals surface area contributed by atoms with Crippen molar-refractivity contribution < 1.29 is 4.39 Å². The molecule has 0 amide bonds. The molecule has 0 saturated carbocycles. The van der Waals surface area contributed by atoms with Crippen LogP contribution in [-0.2, 0) is 7.05 Å². The number of halogens is 1. The minimum atomic E-state index is -0.585. The van der Waals surface area contributed by atoms with Gasteiger partial charge in [0, 0.05) is 18.3 Å². The monoisotopic (exact) mass is 345 g/mol. The Labute approximate surface area is 143 Å². The summed E-state index contributed by atoms with van der Waals surface area (Å²) in [6, 6.07) is 4.12. The van der Waals surface area contributed by atoms with Crippen LogP contribution in [0.1, 0.15) is 19.4 Å². The zero-order valence-corrected chi connectivity index (χ0v) is 14.5. The van der Waals surface area contributed by atoms with E-state index in [4.69, 9.17) is 5.73 Å². The van der Waals surface area contributed by atoms with Crippen molar-refractivity contribution in [2.45, 2.75) is 20.8 Å². The summed E-state index contributed by atoms with van der Waals surface area (Å²) in [5, 5.41) is 3.00. The van der Waals surface area contributed by atoms with Crippen LogP contribution in [0.5, 0.6) is 0 Å². The van der Waals surface area contributed by atoms with Gasteiger partial charge in [-0.3, -0.25) is 14.2 Å². The van der Waals surface area contributed by atoms with Gasteiger partial charge >= 0.3 is 0 Å². The molecule has 3 rings (SSSR count). The number of anilines is 3. The van der Waals surface area contributed by atoms with Crippen LogP contribution < -0.4 is 22.2 Å². The third-order valence-corrected chi connectivity index (χ3v) is 3.65. The van der Waals surface area contributed by atoms with Crippen molar-refractivity contribution in [2.75, 3.05) is 11.1 Å². The van der Waals surface area contributed by atoms with E-state index >= 15 is 0 Å². The number of aromatic nitrogens is 3. The third kappa shape index (κ3) is 3.23. The number of benzene rings is 1. The summed E-state index contributed by atoms with van der Waals surface area (Å²) in [7, 11) is 1.53. The predicted molar refractivity (Wildman–Crippen MR) is 97.8 cm³/mol. The Morgan fingerprint density at radius 3 is 2.60 bits per heavy atom. The first kappa shape index (κ1) is 18.2. The maximum atomic E-state index is 14.0. The van der Waals surface area contributed by atoms with Crippen molar-refractivity contribution in [3.63, 3.8) is 0 Å². The molecule has 0 unspecified atom stereocenters. The standard InChI is InChI=1S/C15H14FN5O2.C2H6/c1-7-12(20-10-4-3-8(17)5-9(10)16)11-13(21(2)15(7)23)18-6-19-14(11)22;1-2/h3-6,20H,17H2,1-2H3,(H,18,19,22);1-2H3. The smallest absolute Gasteiger partial charge is 0.262 e. The average Bonchev–Trinajstić information content (AvgIpc) is 2.60. The van der Waals surface area contributed by atoms with Crippen LogP contribution in [0.15, 0.2) is 34.1 Å². The number of fused-ring (bicyclic) bond motifs is 1. The van der Waals surface area contributed by atoms with Crippen molar-refractivity contribution >= 4 is 28.1 Å². The summed E-state index contributed by atoms with van der Waals surface area (Å²) in [6.45, 7) is 5.56. The maximum Gasteiger partial charge on any atom is 0.262 e. The normalized spacial score (nSPS) is 10.3. The van der Waals surface area contributed by atoms with Gasteiger partial charge in [-0.2, -0.15) is 0 Å². The molecule has 2 aromatic heterocycles. The van der Waals surface area contributed by atoms with E-state index in [0.29, 0.717) is 0 Å². The molecule has 4 N–H and O–H groups in total. The minimum absolute atomic E-state index is 0.111. The predicted octanol–water partition coefficient (Wildman–Crippen LogP) is 2.42. The van der Waals surface area contributed by atoms with Crippen LogP contribution in [-0.4, -0.2) is 14.5 Å². The van der Waals surface area contributed by atoms with Gasteiger partial charge in [0.1, 0.15) is 11.2 Å². The summed E-state index contributed by atoms with van der Waals surface area (Å²) in [5.41, 5.74) is 5.88. The van der Waals surface area contributed by atoms with E-state index in [9.17, 15) is 14.0 Å². The molecule has 0 aliphatic heterocycles. The van der Waals surface area contributed by atoms with E-state index in [1.807, 2.05) is 13.8 Å². The first-order valence-corrected chi connectivity index (χ1v) is 7.79. The molecular weight excluding hydrogens is 325 g/mol. The van der Waals surface area contributed by atoms with Gasteiger partial charge in [-0.05, 0) is 25.1 Å². The molecule has 0 saturated heterocycles. The van der Waals surface area contributed by atoms with Crippen LogP contribution in [0.3, 0.4) is 0 Å². The Morgan fingerprint density at radius 2 is 1.96 bits per heavy atom. The largest absolute Gasteiger partial charge is 0.399 e. The van der Waals surface area contributed by atoms with Gasteiger partial charge < -0.3 is 16.0 Å². The molecular formula is C17H20FN5O2. The van der Waals surface area contributed by atoms with Gasteiger partial charge in [-0.1, -0.05) is 13.8 Å². The molecule has 0 aliphatic rings. The highest BCUT2D eigenvalue weighted by molar-refractivity contribution is 5.92. The first-order valence-electron chi connectivity index (χ1n) is 7.79. The minimum Gasteiger partial charge on any atom is -0.399 e. The van der Waals surface area contributed by atoms with Crippen LogP contribution >= 0.6 is 0 Å². The lowest BCUT2D eigenvalue weighted by molar-refractivity contribution is 0.632. The number of hydrogen-bond acceptors (Lipinski definition) is 5. The molecule has 0 fully saturated rings. The molecule has 25 heavy (non-hydrogen) atoms. The highest BCUT2D eigenvalue weighted by Gasteiger charge is 2.17. The van der Waals surface area contributed by atoms with Gasteiger partial charge in [0.25, 0.3) is 11.1 Å². The lowest BCUT2D eigenvalue weighted by Crippen LogP contribution is -2.25. The number of aryl methyl sites for hydroxylation is 1. The SMILES string of the molecule is CC.Cc1c(Nc2ccc(N)cc2F)c2c(=O)[nH]cnc2n(C)c1=O. The zero-order valence-electron chi connectivity index (χ0n) is 14.5. The van der Waals surface area contributed by atoms with Gasteiger partial charge in [-0.15, -0.1) is 0 Å². The van der Waals surface area contributed by atoms with E-state index < -0.39 is 11.4 Å². The fraction of sp³-hybridized carbons (Fsp3) is 0.235. The first-order chi connectivity index (χ1) is 11.9. The van der Waals surface area contributed by atoms with Gasteiger partial charge in [0.15, 0.2) is 5.65 Å². The summed E-state index contributed by atoms with van der Waals surface area (Å²) < 4.78 is 15.3. The molecule has 0 atom stereocenters. The highest BCUT2D eigenvalue weighted by atomic mass is 19.1. The number of nitrogens with two attached hydrogens (primary N) is 1. The number of pyridine rings is 1. The molecule has 3 aromatic rings. The fourth-order valence-corrected chi connectivity index (χ4v) is 2.44. The number of hydrogen-bond donors (Lipinski definition) is 3. The van der Waals surface area contributed by atoms with Crippen LogP contribution in [0.25, 0.3) is 11.0 Å². The highest BCUT2D eigenvalue weighted by Crippen LogP contribution is 2.26. The zero-order chi connectivity index (χ0) is 18.7. The van der Waals surface area contributed by atoms with E-state index in [2.05, 4.69) is 15.3 Å². The van der Waals surface area contributed by atoms with E-state index in [-0.39, 0.29) is 39.2 Å². The van der Waals surface area contributed by atoms with Crippen molar-refractivity contribution in [3.05, 3.63) is 56.6 Å². The van der Waals surface area contributed by atoms with Crippen LogP contribution in [0, 0.1) is 12.7 Å². The molecule has 0 aliphatic carbocycles. The summed E-state index contributed by atoms with van der Waals surface area (Å²) in [6.07, 6.45) is 1.22. The molecule has 8 heteroatoms. The second-order valence-corrected chi connectivity index (χ2v) is 5.16. The quantitative estimate of drug-likeness (QED) is 0.619. The van der Waals surface area contributed by atoms with Crippen molar-refractivity contribution in [2.24, 2.45) is 7.05 Å². The average molecular weight is 345 g/mol. The van der Waals surface area contributed by atoms with E-state index in [1.54, 1.807) is 6.92 Å². The van der Waals surface area contributed by atoms with E-state index in [1.165, 1.54) is 30.1 Å². The van der Waals surface area contributed by atoms with E-state index in [0.717, 1.165) is 6.07 Å². The third-order valence-electron chi connectivity index (χ3n) is 3.65. The Bertz CT molecular complexity index is 1040. The van der Waals surface area contributed by atoms with Crippen molar-refractivity contribution in [3.8, 4) is 0 Å². The van der Waals surface area contributed by atoms with Gasteiger partial charge in [0.05, 0.1) is 17.7 Å². The summed E-state index contributed by atoms with van der Waals surface area (Å²) >= 11 is 0. The Kier molecular flexibility index (Phi) is 5.21. The lowest BCUT2D eigenvalue weighted by Gasteiger charge is -2.14. The molecule has 132 valence electrons. The Morgan fingerprint density at radius 1 is 1.28 bits per heavy atom.